The molecule has 0 saturated carbocycles. The number of amides is 1. The maximum Gasteiger partial charge on any atom is 0.253 e. The number of hydrogen-bond donors (Lipinski definition) is 1. The van der Waals surface area contributed by atoms with E-state index in [1.165, 1.54) is 0 Å². The van der Waals surface area contributed by atoms with E-state index in [1.807, 2.05) is 19.1 Å². The normalized spacial score (nSPS) is 11.8. The van der Waals surface area contributed by atoms with Crippen molar-refractivity contribution in [3.8, 4) is 5.75 Å². The molecule has 0 aliphatic carbocycles. The third-order valence-corrected chi connectivity index (χ3v) is 4.08. The lowest BCUT2D eigenvalue weighted by Gasteiger charge is -2.15. The van der Waals surface area contributed by atoms with Gasteiger partial charge in [0, 0.05) is 9.50 Å². The summed E-state index contributed by atoms with van der Waals surface area (Å²) in [7, 11) is 1.57. The lowest BCUT2D eigenvalue weighted by molar-refractivity contribution is 0.0938. The molecule has 110 valence electrons. The number of benzene rings is 2. The Morgan fingerprint density at radius 2 is 1.90 bits per heavy atom. The van der Waals surface area contributed by atoms with Crippen molar-refractivity contribution in [3.05, 3.63) is 63.1 Å². The van der Waals surface area contributed by atoms with Gasteiger partial charge in [-0.05, 0) is 58.7 Å². The minimum atomic E-state index is -0.164. The first-order chi connectivity index (χ1) is 10.0. The van der Waals surface area contributed by atoms with Crippen LogP contribution in [0.4, 0.5) is 0 Å². The maximum atomic E-state index is 12.4. The standard InChI is InChI=1S/C16H15BrClNO2/c1-10(11-3-5-12(18)6-4-11)19-16(20)14-9-13(21-2)7-8-15(14)17/h3-10H,1-2H3,(H,19,20). The summed E-state index contributed by atoms with van der Waals surface area (Å²) in [5, 5.41) is 3.63. The van der Waals surface area contributed by atoms with Gasteiger partial charge in [-0.25, -0.2) is 0 Å². The summed E-state index contributed by atoms with van der Waals surface area (Å²) in [4.78, 5) is 12.4. The molecule has 21 heavy (non-hydrogen) atoms. The van der Waals surface area contributed by atoms with Crippen molar-refractivity contribution in [3.63, 3.8) is 0 Å². The van der Waals surface area contributed by atoms with E-state index in [2.05, 4.69) is 21.2 Å². The van der Waals surface area contributed by atoms with Crippen LogP contribution in [0.25, 0.3) is 0 Å². The zero-order valence-electron chi connectivity index (χ0n) is 11.7. The monoisotopic (exact) mass is 367 g/mol. The maximum absolute atomic E-state index is 12.4. The summed E-state index contributed by atoms with van der Waals surface area (Å²) < 4.78 is 5.87. The third-order valence-electron chi connectivity index (χ3n) is 3.14. The Morgan fingerprint density at radius 1 is 1.24 bits per heavy atom. The van der Waals surface area contributed by atoms with Gasteiger partial charge in [0.15, 0.2) is 0 Å². The Labute approximate surface area is 137 Å². The Bertz CT molecular complexity index is 643. The molecule has 0 aliphatic heterocycles. The first-order valence-electron chi connectivity index (χ1n) is 6.41. The van der Waals surface area contributed by atoms with E-state index in [0.717, 1.165) is 10.0 Å². The average Bonchev–Trinajstić information content (AvgIpc) is 2.48. The van der Waals surface area contributed by atoms with Crippen molar-refractivity contribution in [2.45, 2.75) is 13.0 Å². The summed E-state index contributed by atoms with van der Waals surface area (Å²) in [6, 6.07) is 12.6. The Morgan fingerprint density at radius 3 is 2.52 bits per heavy atom. The van der Waals surface area contributed by atoms with E-state index >= 15 is 0 Å². The van der Waals surface area contributed by atoms with E-state index in [4.69, 9.17) is 16.3 Å². The van der Waals surface area contributed by atoms with Crippen LogP contribution in [0.15, 0.2) is 46.9 Å². The summed E-state index contributed by atoms with van der Waals surface area (Å²) in [5.74, 6) is 0.478. The lowest BCUT2D eigenvalue weighted by atomic mass is 10.1. The van der Waals surface area contributed by atoms with E-state index in [9.17, 15) is 4.79 Å². The summed E-state index contributed by atoms with van der Waals surface area (Å²) in [6.45, 7) is 1.93. The second kappa shape index (κ2) is 6.96. The lowest BCUT2D eigenvalue weighted by Crippen LogP contribution is -2.26. The molecule has 0 fully saturated rings. The summed E-state index contributed by atoms with van der Waals surface area (Å²) in [5.41, 5.74) is 1.53. The Kier molecular flexibility index (Phi) is 5.26. The van der Waals surface area contributed by atoms with Crippen LogP contribution in [0.1, 0.15) is 28.9 Å². The van der Waals surface area contributed by atoms with Crippen molar-refractivity contribution >= 4 is 33.4 Å². The van der Waals surface area contributed by atoms with Gasteiger partial charge < -0.3 is 10.1 Å². The zero-order chi connectivity index (χ0) is 15.4. The topological polar surface area (TPSA) is 38.3 Å². The van der Waals surface area contributed by atoms with E-state index in [1.54, 1.807) is 37.4 Å². The van der Waals surface area contributed by atoms with Crippen LogP contribution < -0.4 is 10.1 Å². The molecule has 2 aromatic carbocycles. The van der Waals surface area contributed by atoms with E-state index in [0.29, 0.717) is 16.3 Å². The predicted molar refractivity (Wildman–Crippen MR) is 88.0 cm³/mol. The molecule has 1 amide bonds. The van der Waals surface area contributed by atoms with Gasteiger partial charge in [0.05, 0.1) is 18.7 Å². The molecular formula is C16H15BrClNO2. The molecule has 0 saturated heterocycles. The van der Waals surface area contributed by atoms with Crippen LogP contribution in [-0.4, -0.2) is 13.0 Å². The highest BCUT2D eigenvalue weighted by Gasteiger charge is 2.15. The van der Waals surface area contributed by atoms with Gasteiger partial charge in [0.1, 0.15) is 5.75 Å². The SMILES string of the molecule is COc1ccc(Br)c(C(=O)NC(C)c2ccc(Cl)cc2)c1. The highest BCUT2D eigenvalue weighted by Crippen LogP contribution is 2.23. The molecule has 0 radical (unpaired) electrons. The number of rotatable bonds is 4. The fourth-order valence-corrected chi connectivity index (χ4v) is 2.47. The van der Waals surface area contributed by atoms with E-state index < -0.39 is 0 Å². The van der Waals surface area contributed by atoms with Crippen LogP contribution in [0.5, 0.6) is 5.75 Å². The molecule has 0 aromatic heterocycles. The fraction of sp³-hybridized carbons (Fsp3) is 0.188. The second-order valence-electron chi connectivity index (χ2n) is 4.59. The molecule has 1 unspecified atom stereocenters. The van der Waals surface area contributed by atoms with E-state index in [-0.39, 0.29) is 11.9 Å². The first kappa shape index (κ1) is 15.9. The smallest absolute Gasteiger partial charge is 0.253 e. The Balaban J connectivity index is 2.15. The number of carbonyl (C=O) groups excluding carboxylic acids is 1. The van der Waals surface area contributed by atoms with Crippen LogP contribution in [0, 0.1) is 0 Å². The molecule has 3 nitrogen and oxygen atoms in total. The molecule has 0 spiro atoms. The van der Waals surface area contributed by atoms with Crippen LogP contribution in [0.3, 0.4) is 0 Å². The van der Waals surface area contributed by atoms with Gasteiger partial charge in [0.2, 0.25) is 0 Å². The average molecular weight is 369 g/mol. The summed E-state index contributed by atoms with van der Waals surface area (Å²) in [6.07, 6.45) is 0. The largest absolute Gasteiger partial charge is 0.497 e. The molecule has 2 rings (SSSR count). The summed E-state index contributed by atoms with van der Waals surface area (Å²) >= 11 is 9.25. The minimum absolute atomic E-state index is 0.118. The number of ether oxygens (including phenoxy) is 1. The minimum Gasteiger partial charge on any atom is -0.497 e. The third kappa shape index (κ3) is 3.99. The quantitative estimate of drug-likeness (QED) is 0.856. The molecule has 1 atom stereocenters. The van der Waals surface area contributed by atoms with Gasteiger partial charge in [-0.1, -0.05) is 23.7 Å². The molecule has 0 heterocycles. The highest BCUT2D eigenvalue weighted by atomic mass is 79.9. The molecular weight excluding hydrogens is 354 g/mol. The van der Waals surface area contributed by atoms with Crippen molar-refractivity contribution in [2.75, 3.05) is 7.11 Å². The van der Waals surface area contributed by atoms with Crippen LogP contribution in [-0.2, 0) is 0 Å². The first-order valence-corrected chi connectivity index (χ1v) is 7.58. The van der Waals surface area contributed by atoms with Gasteiger partial charge in [-0.2, -0.15) is 0 Å². The fourth-order valence-electron chi connectivity index (χ4n) is 1.91. The highest BCUT2D eigenvalue weighted by molar-refractivity contribution is 9.10. The molecule has 0 aliphatic rings. The van der Waals surface area contributed by atoms with Crippen molar-refractivity contribution in [2.24, 2.45) is 0 Å². The van der Waals surface area contributed by atoms with Gasteiger partial charge in [-0.15, -0.1) is 0 Å². The van der Waals surface area contributed by atoms with Crippen LogP contribution in [0.2, 0.25) is 5.02 Å². The molecule has 2 aromatic rings. The van der Waals surface area contributed by atoms with Crippen molar-refractivity contribution in [1.82, 2.24) is 5.32 Å². The molecule has 1 N–H and O–H groups in total. The van der Waals surface area contributed by atoms with Gasteiger partial charge in [0.25, 0.3) is 5.91 Å². The molecule has 0 bridgehead atoms. The number of hydrogen-bond acceptors (Lipinski definition) is 2. The Hall–Kier alpha value is -1.52. The number of methoxy groups -OCH3 is 1. The van der Waals surface area contributed by atoms with Gasteiger partial charge >= 0.3 is 0 Å². The number of carbonyl (C=O) groups is 1. The van der Waals surface area contributed by atoms with Crippen LogP contribution >= 0.6 is 27.5 Å². The van der Waals surface area contributed by atoms with Gasteiger partial charge in [-0.3, -0.25) is 4.79 Å². The van der Waals surface area contributed by atoms with Crippen molar-refractivity contribution in [1.29, 1.82) is 0 Å². The number of halogens is 2. The predicted octanol–water partition coefficient (Wildman–Crippen LogP) is 4.60. The number of nitrogens with one attached hydrogen (secondary N) is 1. The molecule has 5 heteroatoms. The second-order valence-corrected chi connectivity index (χ2v) is 5.88. The zero-order valence-corrected chi connectivity index (χ0v) is 14.0. The van der Waals surface area contributed by atoms with Crippen molar-refractivity contribution < 1.29 is 9.53 Å².